The van der Waals surface area contributed by atoms with Crippen molar-refractivity contribution in [3.05, 3.63) is 12.4 Å². The Balaban J connectivity index is 1.85. The molecule has 1 aromatic rings. The number of nitrogens with zero attached hydrogens (tertiary/aromatic N) is 3. The smallest absolute Gasteiger partial charge is 0.149 e. The van der Waals surface area contributed by atoms with Crippen molar-refractivity contribution in [1.82, 2.24) is 9.97 Å². The molecule has 0 unspecified atom stereocenters. The monoisotopic (exact) mass is 232 g/mol. The maximum atomic E-state index is 5.73. The van der Waals surface area contributed by atoms with Gasteiger partial charge in [0.05, 0.1) is 12.4 Å². The van der Waals surface area contributed by atoms with Crippen LogP contribution in [0.3, 0.4) is 0 Å². The molecule has 92 valence electrons. The molecule has 4 heteroatoms. The van der Waals surface area contributed by atoms with Crippen molar-refractivity contribution in [3.8, 4) is 0 Å². The van der Waals surface area contributed by atoms with Crippen LogP contribution in [0, 0.1) is 5.92 Å². The summed E-state index contributed by atoms with van der Waals surface area (Å²) < 4.78 is 0. The van der Waals surface area contributed by atoms with E-state index in [0.717, 1.165) is 18.3 Å². The van der Waals surface area contributed by atoms with Gasteiger partial charge in [0.15, 0.2) is 0 Å². The summed E-state index contributed by atoms with van der Waals surface area (Å²) in [6, 6.07) is 0.675. The molecule has 1 saturated carbocycles. The summed E-state index contributed by atoms with van der Waals surface area (Å²) in [6.45, 7) is 1.11. The van der Waals surface area contributed by atoms with E-state index >= 15 is 0 Å². The first-order chi connectivity index (χ1) is 8.34. The topological polar surface area (TPSA) is 55.0 Å². The predicted molar refractivity (Wildman–Crippen MR) is 68.8 cm³/mol. The molecule has 1 saturated heterocycles. The second kappa shape index (κ2) is 4.51. The van der Waals surface area contributed by atoms with E-state index in [0.29, 0.717) is 11.9 Å². The fourth-order valence-corrected chi connectivity index (χ4v) is 3.42. The highest BCUT2D eigenvalue weighted by molar-refractivity contribution is 5.43. The van der Waals surface area contributed by atoms with Crippen molar-refractivity contribution in [2.75, 3.05) is 17.2 Å². The third kappa shape index (κ3) is 2.08. The van der Waals surface area contributed by atoms with E-state index in [1.54, 1.807) is 6.20 Å². The fraction of sp³-hybridized carbons (Fsp3) is 0.692. The molecule has 2 heterocycles. The van der Waals surface area contributed by atoms with E-state index in [4.69, 9.17) is 5.73 Å². The maximum Gasteiger partial charge on any atom is 0.149 e. The Morgan fingerprint density at radius 2 is 1.94 bits per heavy atom. The van der Waals surface area contributed by atoms with Crippen molar-refractivity contribution < 1.29 is 0 Å². The van der Waals surface area contributed by atoms with Crippen LogP contribution in [0.5, 0.6) is 0 Å². The van der Waals surface area contributed by atoms with Gasteiger partial charge in [-0.25, -0.2) is 4.98 Å². The van der Waals surface area contributed by atoms with Crippen molar-refractivity contribution in [1.29, 1.82) is 0 Å². The molecule has 2 atom stereocenters. The van der Waals surface area contributed by atoms with E-state index in [1.165, 1.54) is 38.5 Å². The van der Waals surface area contributed by atoms with Crippen LogP contribution in [0.4, 0.5) is 11.6 Å². The second-order valence-corrected chi connectivity index (χ2v) is 5.25. The van der Waals surface area contributed by atoms with Gasteiger partial charge in [-0.2, -0.15) is 0 Å². The van der Waals surface area contributed by atoms with Gasteiger partial charge in [0.25, 0.3) is 0 Å². The number of piperidine rings is 1. The average Bonchev–Trinajstić information content (AvgIpc) is 2.38. The van der Waals surface area contributed by atoms with Crippen LogP contribution < -0.4 is 10.6 Å². The van der Waals surface area contributed by atoms with Crippen LogP contribution in [0.25, 0.3) is 0 Å². The third-order valence-electron chi connectivity index (χ3n) is 4.18. The zero-order valence-electron chi connectivity index (χ0n) is 10.2. The summed E-state index contributed by atoms with van der Waals surface area (Å²) in [5.74, 6) is 2.36. The summed E-state index contributed by atoms with van der Waals surface area (Å²) in [6.07, 6.45) is 11.6. The molecule has 0 spiro atoms. The number of fused-ring (bicyclic) bond motifs is 1. The Morgan fingerprint density at radius 1 is 1.12 bits per heavy atom. The fourth-order valence-electron chi connectivity index (χ4n) is 3.42. The molecule has 2 fully saturated rings. The first-order valence-corrected chi connectivity index (χ1v) is 6.69. The van der Waals surface area contributed by atoms with Crippen LogP contribution in [0.15, 0.2) is 12.4 Å². The molecule has 1 aliphatic carbocycles. The zero-order chi connectivity index (χ0) is 11.7. The molecule has 2 N–H and O–H groups in total. The number of hydrogen-bond donors (Lipinski definition) is 1. The van der Waals surface area contributed by atoms with Gasteiger partial charge in [-0.3, -0.25) is 4.98 Å². The van der Waals surface area contributed by atoms with E-state index in [2.05, 4.69) is 14.9 Å². The summed E-state index contributed by atoms with van der Waals surface area (Å²) >= 11 is 0. The Labute approximate surface area is 102 Å². The van der Waals surface area contributed by atoms with Crippen LogP contribution in [0.1, 0.15) is 38.5 Å². The Bertz CT molecular complexity index is 391. The molecule has 1 aromatic heterocycles. The molecular formula is C13H20N4. The minimum atomic E-state index is 0.528. The Morgan fingerprint density at radius 3 is 2.82 bits per heavy atom. The lowest BCUT2D eigenvalue weighted by atomic mass is 9.78. The van der Waals surface area contributed by atoms with Crippen molar-refractivity contribution >= 4 is 11.6 Å². The largest absolute Gasteiger partial charge is 0.382 e. The molecule has 3 rings (SSSR count). The van der Waals surface area contributed by atoms with Crippen LogP contribution >= 0.6 is 0 Å². The lowest BCUT2D eigenvalue weighted by Crippen LogP contribution is -2.47. The van der Waals surface area contributed by atoms with Gasteiger partial charge in [-0.05, 0) is 31.6 Å². The van der Waals surface area contributed by atoms with Crippen LogP contribution in [-0.4, -0.2) is 22.6 Å². The van der Waals surface area contributed by atoms with E-state index in [1.807, 2.05) is 6.20 Å². The number of anilines is 2. The summed E-state index contributed by atoms with van der Waals surface area (Å²) in [5.41, 5.74) is 5.73. The van der Waals surface area contributed by atoms with Gasteiger partial charge < -0.3 is 10.6 Å². The molecule has 4 nitrogen and oxygen atoms in total. The molecule has 0 aromatic carbocycles. The number of nitrogens with two attached hydrogens (primary N) is 1. The van der Waals surface area contributed by atoms with Crippen molar-refractivity contribution in [2.45, 2.75) is 44.6 Å². The predicted octanol–water partition coefficient (Wildman–Crippen LogP) is 2.22. The minimum absolute atomic E-state index is 0.528. The third-order valence-corrected chi connectivity index (χ3v) is 4.18. The summed E-state index contributed by atoms with van der Waals surface area (Å²) in [5, 5.41) is 0. The first kappa shape index (κ1) is 10.8. The van der Waals surface area contributed by atoms with Gasteiger partial charge >= 0.3 is 0 Å². The van der Waals surface area contributed by atoms with Gasteiger partial charge in [0, 0.05) is 12.6 Å². The molecule has 0 amide bonds. The quantitative estimate of drug-likeness (QED) is 0.806. The molecular weight excluding hydrogens is 212 g/mol. The first-order valence-electron chi connectivity index (χ1n) is 6.69. The Hall–Kier alpha value is -1.32. The van der Waals surface area contributed by atoms with Crippen molar-refractivity contribution in [3.63, 3.8) is 0 Å². The van der Waals surface area contributed by atoms with Crippen LogP contribution in [0.2, 0.25) is 0 Å². The standard InChI is InChI=1S/C13H20N4/c14-12-8-15-9-13(16-12)17-7-3-5-10-4-1-2-6-11(10)17/h8-11H,1-7H2,(H2,14,16)/t10-,11-/m1/s1. The highest BCUT2D eigenvalue weighted by Gasteiger charge is 2.33. The highest BCUT2D eigenvalue weighted by atomic mass is 15.2. The maximum absolute atomic E-state index is 5.73. The van der Waals surface area contributed by atoms with Gasteiger partial charge in [0.2, 0.25) is 0 Å². The lowest BCUT2D eigenvalue weighted by Gasteiger charge is -2.44. The van der Waals surface area contributed by atoms with Gasteiger partial charge in [-0.1, -0.05) is 12.8 Å². The number of hydrogen-bond acceptors (Lipinski definition) is 4. The van der Waals surface area contributed by atoms with Gasteiger partial charge in [-0.15, -0.1) is 0 Å². The van der Waals surface area contributed by atoms with E-state index in [9.17, 15) is 0 Å². The zero-order valence-corrected chi connectivity index (χ0v) is 10.2. The molecule has 17 heavy (non-hydrogen) atoms. The minimum Gasteiger partial charge on any atom is -0.382 e. The van der Waals surface area contributed by atoms with Gasteiger partial charge in [0.1, 0.15) is 11.6 Å². The number of rotatable bonds is 1. The lowest BCUT2D eigenvalue weighted by molar-refractivity contribution is 0.242. The summed E-state index contributed by atoms with van der Waals surface area (Å²) in [7, 11) is 0. The summed E-state index contributed by atoms with van der Waals surface area (Å²) in [4.78, 5) is 11.0. The second-order valence-electron chi connectivity index (χ2n) is 5.25. The SMILES string of the molecule is Nc1cncc(N2CCC[C@H]3CCCC[C@H]32)n1. The number of nitrogen functional groups attached to an aromatic ring is 1. The van der Waals surface area contributed by atoms with E-state index < -0.39 is 0 Å². The number of aromatic nitrogens is 2. The van der Waals surface area contributed by atoms with E-state index in [-0.39, 0.29) is 0 Å². The van der Waals surface area contributed by atoms with Crippen molar-refractivity contribution in [2.24, 2.45) is 5.92 Å². The average molecular weight is 232 g/mol. The van der Waals surface area contributed by atoms with Crippen LogP contribution in [-0.2, 0) is 0 Å². The Kier molecular flexibility index (Phi) is 2.87. The molecule has 2 aliphatic rings. The molecule has 0 radical (unpaired) electrons. The highest BCUT2D eigenvalue weighted by Crippen LogP contribution is 2.36. The molecule has 0 bridgehead atoms. The molecule has 1 aliphatic heterocycles. The normalized spacial score (nSPS) is 28.8.